The minimum Gasteiger partial charge on any atom is -0.345 e. The number of piperidine rings is 1. The highest BCUT2D eigenvalue weighted by Gasteiger charge is 2.30. The molecule has 2 fully saturated rings. The number of nitrogens with zero attached hydrogens (tertiary/aromatic N) is 2. The van der Waals surface area contributed by atoms with Crippen LogP contribution in [0.25, 0.3) is 0 Å². The molecule has 16 heavy (non-hydrogen) atoms. The smallest absolute Gasteiger partial charge is 0.120 e. The van der Waals surface area contributed by atoms with Gasteiger partial charge >= 0.3 is 0 Å². The molecule has 2 bridgehead atoms. The third-order valence-corrected chi connectivity index (χ3v) is 4.05. The van der Waals surface area contributed by atoms with E-state index < -0.39 is 0 Å². The maximum absolute atomic E-state index is 4.41. The maximum atomic E-state index is 4.41. The number of aromatic amines is 1. The van der Waals surface area contributed by atoms with Crippen LogP contribution in [0.2, 0.25) is 0 Å². The second kappa shape index (κ2) is 4.21. The lowest BCUT2D eigenvalue weighted by atomic mass is 9.78. The van der Waals surface area contributed by atoms with Crippen molar-refractivity contribution in [2.24, 2.45) is 11.8 Å². The molecule has 3 nitrogen and oxygen atoms in total. The van der Waals surface area contributed by atoms with Crippen molar-refractivity contribution in [3.8, 4) is 0 Å². The van der Waals surface area contributed by atoms with Crippen molar-refractivity contribution in [2.45, 2.75) is 39.2 Å². The van der Waals surface area contributed by atoms with E-state index >= 15 is 0 Å². The Kier molecular flexibility index (Phi) is 2.72. The van der Waals surface area contributed by atoms with Gasteiger partial charge in [0, 0.05) is 25.0 Å². The number of rotatable bonds is 2. The van der Waals surface area contributed by atoms with Gasteiger partial charge in [-0.1, -0.05) is 6.42 Å². The Morgan fingerprint density at radius 3 is 2.75 bits per heavy atom. The number of likely N-dealkylation sites (tertiary alicyclic amines) is 1. The van der Waals surface area contributed by atoms with Gasteiger partial charge < -0.3 is 4.98 Å². The van der Waals surface area contributed by atoms with Crippen molar-refractivity contribution < 1.29 is 0 Å². The van der Waals surface area contributed by atoms with Crippen molar-refractivity contribution in [2.75, 3.05) is 13.1 Å². The quantitative estimate of drug-likeness (QED) is 0.828. The van der Waals surface area contributed by atoms with Crippen LogP contribution < -0.4 is 0 Å². The highest BCUT2D eigenvalue weighted by atomic mass is 15.2. The van der Waals surface area contributed by atoms with Crippen LogP contribution in [0.5, 0.6) is 0 Å². The van der Waals surface area contributed by atoms with E-state index in [4.69, 9.17) is 0 Å². The summed E-state index contributed by atoms with van der Waals surface area (Å²) in [5.41, 5.74) is 1.17. The fraction of sp³-hybridized carbons (Fsp3) is 0.769. The van der Waals surface area contributed by atoms with E-state index in [0.717, 1.165) is 24.2 Å². The monoisotopic (exact) mass is 219 g/mol. The molecule has 0 spiro atoms. The molecule has 1 aromatic heterocycles. The normalized spacial score (nSPS) is 30.6. The lowest BCUT2D eigenvalue weighted by Crippen LogP contribution is -2.42. The van der Waals surface area contributed by atoms with E-state index in [1.54, 1.807) is 0 Å². The minimum atomic E-state index is 0.962. The second-order valence-electron chi connectivity index (χ2n) is 5.61. The Morgan fingerprint density at radius 2 is 2.12 bits per heavy atom. The van der Waals surface area contributed by atoms with Crippen molar-refractivity contribution in [1.29, 1.82) is 0 Å². The molecule has 0 radical (unpaired) electrons. The average Bonchev–Trinajstić information content (AvgIpc) is 2.63. The van der Waals surface area contributed by atoms with Gasteiger partial charge in [0.05, 0.1) is 6.54 Å². The van der Waals surface area contributed by atoms with Gasteiger partial charge in [0.1, 0.15) is 5.82 Å². The molecule has 1 aliphatic carbocycles. The van der Waals surface area contributed by atoms with Crippen LogP contribution in [0.4, 0.5) is 0 Å². The first-order valence-electron chi connectivity index (χ1n) is 6.52. The molecule has 2 atom stereocenters. The molecular formula is C13H21N3. The molecule has 0 aromatic carbocycles. The van der Waals surface area contributed by atoms with Gasteiger partial charge in [-0.05, 0) is 38.0 Å². The Bertz CT molecular complexity index is 346. The van der Waals surface area contributed by atoms with Gasteiger partial charge in [0.25, 0.3) is 0 Å². The van der Waals surface area contributed by atoms with Gasteiger partial charge in [-0.3, -0.25) is 4.90 Å². The fourth-order valence-electron chi connectivity index (χ4n) is 3.43. The van der Waals surface area contributed by atoms with Gasteiger partial charge in [0.2, 0.25) is 0 Å². The third-order valence-electron chi connectivity index (χ3n) is 4.05. The van der Waals surface area contributed by atoms with Crippen LogP contribution in [0.3, 0.4) is 0 Å². The molecule has 88 valence electrons. The van der Waals surface area contributed by atoms with E-state index in [9.17, 15) is 0 Å². The van der Waals surface area contributed by atoms with Crippen molar-refractivity contribution >= 4 is 0 Å². The fourth-order valence-corrected chi connectivity index (χ4v) is 3.43. The summed E-state index contributed by atoms with van der Waals surface area (Å²) in [5, 5.41) is 0. The Morgan fingerprint density at radius 1 is 1.38 bits per heavy atom. The zero-order valence-electron chi connectivity index (χ0n) is 10.1. The molecule has 3 rings (SSSR count). The van der Waals surface area contributed by atoms with Crippen LogP contribution in [-0.4, -0.2) is 28.0 Å². The number of nitrogens with one attached hydrogen (secondary N) is 1. The van der Waals surface area contributed by atoms with Crippen molar-refractivity contribution in [3.05, 3.63) is 17.7 Å². The number of aryl methyl sites for hydroxylation is 1. The van der Waals surface area contributed by atoms with E-state index in [2.05, 4.69) is 21.8 Å². The molecule has 2 heterocycles. The summed E-state index contributed by atoms with van der Waals surface area (Å²) < 4.78 is 0. The zero-order chi connectivity index (χ0) is 11.0. The summed E-state index contributed by atoms with van der Waals surface area (Å²) in [6.07, 6.45) is 7.77. The highest BCUT2D eigenvalue weighted by Crippen LogP contribution is 2.34. The molecule has 1 N–H and O–H groups in total. The van der Waals surface area contributed by atoms with E-state index in [-0.39, 0.29) is 0 Å². The van der Waals surface area contributed by atoms with Crippen LogP contribution in [0.15, 0.2) is 6.20 Å². The molecule has 1 saturated heterocycles. The van der Waals surface area contributed by atoms with Crippen LogP contribution >= 0.6 is 0 Å². The number of aromatic nitrogens is 2. The lowest BCUT2D eigenvalue weighted by Gasteiger charge is -2.41. The summed E-state index contributed by atoms with van der Waals surface area (Å²) in [5.74, 6) is 3.06. The van der Waals surface area contributed by atoms with Gasteiger partial charge in [-0.2, -0.15) is 0 Å². The van der Waals surface area contributed by atoms with Crippen LogP contribution in [-0.2, 0) is 6.54 Å². The number of hydrogen-bond acceptors (Lipinski definition) is 2. The topological polar surface area (TPSA) is 31.9 Å². The number of hydrogen-bond donors (Lipinski definition) is 1. The number of imidazole rings is 1. The summed E-state index contributed by atoms with van der Waals surface area (Å²) in [4.78, 5) is 10.3. The summed E-state index contributed by atoms with van der Waals surface area (Å²) >= 11 is 0. The lowest BCUT2D eigenvalue weighted by molar-refractivity contribution is 0.0790. The molecule has 0 unspecified atom stereocenters. The largest absolute Gasteiger partial charge is 0.345 e. The predicted molar refractivity (Wildman–Crippen MR) is 64.0 cm³/mol. The summed E-state index contributed by atoms with van der Waals surface area (Å²) in [6, 6.07) is 0. The van der Waals surface area contributed by atoms with Crippen molar-refractivity contribution in [1.82, 2.24) is 14.9 Å². The maximum Gasteiger partial charge on any atom is 0.120 e. The molecule has 1 saturated carbocycles. The standard InChI is InChI=1S/C13H21N3/c1-10-6-14-13(15-10)9-16-7-11-3-2-4-12(5-11)8-16/h6,11-12H,2-5,7-9H2,1H3,(H,14,15)/t11-,12-/m0/s1. The Hall–Kier alpha value is -0.830. The summed E-state index contributed by atoms with van der Waals surface area (Å²) in [7, 11) is 0. The van der Waals surface area contributed by atoms with Crippen LogP contribution in [0, 0.1) is 18.8 Å². The second-order valence-corrected chi connectivity index (χ2v) is 5.61. The minimum absolute atomic E-state index is 0.962. The molecule has 1 aromatic rings. The SMILES string of the molecule is Cc1cnc(CN2C[C@H]3CCC[C@@H](C3)C2)[nH]1. The number of H-pyrrole nitrogens is 1. The van der Waals surface area contributed by atoms with E-state index in [0.29, 0.717) is 0 Å². The number of fused-ring (bicyclic) bond motifs is 2. The van der Waals surface area contributed by atoms with Crippen LogP contribution in [0.1, 0.15) is 37.2 Å². The Balaban J connectivity index is 1.63. The molecule has 3 heteroatoms. The van der Waals surface area contributed by atoms with Gasteiger partial charge in [-0.15, -0.1) is 0 Å². The Labute approximate surface area is 97.3 Å². The van der Waals surface area contributed by atoms with Gasteiger partial charge in [0.15, 0.2) is 0 Å². The summed E-state index contributed by atoms with van der Waals surface area (Å²) in [6.45, 7) is 5.66. The molecular weight excluding hydrogens is 198 g/mol. The first-order valence-corrected chi connectivity index (χ1v) is 6.52. The van der Waals surface area contributed by atoms with Crippen molar-refractivity contribution in [3.63, 3.8) is 0 Å². The average molecular weight is 219 g/mol. The zero-order valence-corrected chi connectivity index (χ0v) is 10.1. The third kappa shape index (κ3) is 2.14. The molecule has 2 aliphatic rings. The molecule has 1 aliphatic heterocycles. The predicted octanol–water partition coefficient (Wildman–Crippen LogP) is 2.34. The van der Waals surface area contributed by atoms with E-state index in [1.165, 1.54) is 44.5 Å². The van der Waals surface area contributed by atoms with E-state index in [1.807, 2.05) is 6.20 Å². The highest BCUT2D eigenvalue weighted by molar-refractivity contribution is 4.99. The first-order chi connectivity index (χ1) is 7.79. The first kappa shape index (κ1) is 10.3. The molecule has 0 amide bonds. The van der Waals surface area contributed by atoms with Gasteiger partial charge in [-0.25, -0.2) is 4.98 Å².